The van der Waals surface area contributed by atoms with Crippen molar-refractivity contribution in [2.24, 2.45) is 5.73 Å². The number of nitrogens with zero attached hydrogens (tertiary/aromatic N) is 1. The Morgan fingerprint density at radius 2 is 2.28 bits per heavy atom. The number of amides is 1. The highest BCUT2D eigenvalue weighted by molar-refractivity contribution is 5.94. The molecular formula is C13H19N3O2. The van der Waals surface area contributed by atoms with Crippen LogP contribution < -0.4 is 11.3 Å². The number of hydrogen-bond acceptors (Lipinski definition) is 3. The molecule has 98 valence electrons. The number of aromatic amines is 1. The van der Waals surface area contributed by atoms with E-state index in [0.29, 0.717) is 12.1 Å². The Hall–Kier alpha value is -1.62. The third kappa shape index (κ3) is 2.79. The van der Waals surface area contributed by atoms with Crippen LogP contribution in [0.25, 0.3) is 0 Å². The summed E-state index contributed by atoms with van der Waals surface area (Å²) in [6.45, 7) is 1.38. The van der Waals surface area contributed by atoms with Crippen molar-refractivity contribution in [3.05, 3.63) is 34.2 Å². The molecule has 1 aliphatic rings. The van der Waals surface area contributed by atoms with Crippen molar-refractivity contribution in [3.63, 3.8) is 0 Å². The van der Waals surface area contributed by atoms with Crippen LogP contribution in [0.15, 0.2) is 23.1 Å². The van der Waals surface area contributed by atoms with E-state index in [-0.39, 0.29) is 17.5 Å². The number of nitrogens with one attached hydrogen (secondary N) is 1. The Kier molecular flexibility index (Phi) is 4.15. The summed E-state index contributed by atoms with van der Waals surface area (Å²) >= 11 is 0. The van der Waals surface area contributed by atoms with Gasteiger partial charge in [0, 0.05) is 24.8 Å². The summed E-state index contributed by atoms with van der Waals surface area (Å²) in [6.07, 6.45) is 5.54. The highest BCUT2D eigenvalue weighted by Crippen LogP contribution is 2.21. The summed E-state index contributed by atoms with van der Waals surface area (Å²) in [4.78, 5) is 27.8. The van der Waals surface area contributed by atoms with E-state index in [1.165, 1.54) is 12.3 Å². The van der Waals surface area contributed by atoms with E-state index < -0.39 is 0 Å². The fraction of sp³-hybridized carbons (Fsp3) is 0.538. The molecule has 18 heavy (non-hydrogen) atoms. The molecule has 5 nitrogen and oxygen atoms in total. The molecule has 1 fully saturated rings. The monoisotopic (exact) mass is 249 g/mol. The summed E-state index contributed by atoms with van der Waals surface area (Å²) < 4.78 is 0. The van der Waals surface area contributed by atoms with Crippen LogP contribution in [0.2, 0.25) is 0 Å². The zero-order valence-electron chi connectivity index (χ0n) is 10.4. The first-order valence-corrected chi connectivity index (χ1v) is 6.42. The van der Waals surface area contributed by atoms with Crippen LogP contribution in [0, 0.1) is 0 Å². The van der Waals surface area contributed by atoms with Crippen LogP contribution >= 0.6 is 0 Å². The lowest BCUT2D eigenvalue weighted by atomic mass is 9.98. The molecule has 1 amide bonds. The zero-order chi connectivity index (χ0) is 13.0. The van der Waals surface area contributed by atoms with Gasteiger partial charge in [0.25, 0.3) is 5.91 Å². The molecule has 3 N–H and O–H groups in total. The van der Waals surface area contributed by atoms with Crippen LogP contribution in [0.3, 0.4) is 0 Å². The zero-order valence-corrected chi connectivity index (χ0v) is 10.4. The van der Waals surface area contributed by atoms with Gasteiger partial charge in [-0.15, -0.1) is 0 Å². The third-order valence-corrected chi connectivity index (χ3v) is 3.42. The molecule has 0 aromatic carbocycles. The van der Waals surface area contributed by atoms with Crippen molar-refractivity contribution in [2.45, 2.75) is 31.7 Å². The van der Waals surface area contributed by atoms with E-state index in [2.05, 4.69) is 4.98 Å². The summed E-state index contributed by atoms with van der Waals surface area (Å²) in [5.41, 5.74) is 5.94. The minimum Gasteiger partial charge on any atom is -0.336 e. The van der Waals surface area contributed by atoms with Crippen molar-refractivity contribution >= 4 is 5.91 Å². The van der Waals surface area contributed by atoms with Gasteiger partial charge in [0.15, 0.2) is 0 Å². The Labute approximate surface area is 106 Å². The molecule has 1 aromatic rings. The first-order valence-electron chi connectivity index (χ1n) is 6.42. The summed E-state index contributed by atoms with van der Waals surface area (Å²) in [6, 6.07) is 3.20. The van der Waals surface area contributed by atoms with E-state index in [4.69, 9.17) is 5.73 Å². The van der Waals surface area contributed by atoms with Gasteiger partial charge in [0.1, 0.15) is 0 Å². The van der Waals surface area contributed by atoms with Crippen LogP contribution in [0.1, 0.15) is 36.0 Å². The lowest BCUT2D eigenvalue weighted by Gasteiger charge is -2.35. The van der Waals surface area contributed by atoms with Gasteiger partial charge >= 0.3 is 0 Å². The number of rotatable bonds is 3. The smallest absolute Gasteiger partial charge is 0.255 e. The van der Waals surface area contributed by atoms with Gasteiger partial charge in [-0.2, -0.15) is 0 Å². The number of carbonyl (C=O) groups is 1. The predicted molar refractivity (Wildman–Crippen MR) is 69.4 cm³/mol. The topological polar surface area (TPSA) is 79.2 Å². The molecule has 0 saturated carbocycles. The molecule has 1 atom stereocenters. The van der Waals surface area contributed by atoms with Gasteiger partial charge in [0.2, 0.25) is 5.56 Å². The fourth-order valence-electron chi connectivity index (χ4n) is 2.47. The Balaban J connectivity index is 2.15. The van der Waals surface area contributed by atoms with Crippen molar-refractivity contribution < 1.29 is 4.79 Å². The maximum atomic E-state index is 12.4. The van der Waals surface area contributed by atoms with E-state index in [9.17, 15) is 9.59 Å². The summed E-state index contributed by atoms with van der Waals surface area (Å²) in [5.74, 6) is -0.00981. The summed E-state index contributed by atoms with van der Waals surface area (Å²) in [7, 11) is 0. The standard InChI is InChI=1S/C13H19N3O2/c14-7-6-11-3-1-2-8-16(11)13(18)10-4-5-12(17)15-9-10/h4-5,9,11H,1-3,6-8,14H2,(H,15,17). The van der Waals surface area contributed by atoms with Crippen LogP contribution in [0.4, 0.5) is 0 Å². The molecule has 2 rings (SSSR count). The van der Waals surface area contributed by atoms with Gasteiger partial charge in [0.05, 0.1) is 5.56 Å². The van der Waals surface area contributed by atoms with E-state index in [0.717, 1.165) is 32.2 Å². The molecule has 1 saturated heterocycles. The van der Waals surface area contributed by atoms with Gasteiger partial charge in [-0.3, -0.25) is 9.59 Å². The molecule has 0 radical (unpaired) electrons. The molecule has 2 heterocycles. The Morgan fingerprint density at radius 1 is 1.44 bits per heavy atom. The van der Waals surface area contributed by atoms with Crippen molar-refractivity contribution in [2.75, 3.05) is 13.1 Å². The maximum absolute atomic E-state index is 12.4. The number of pyridine rings is 1. The van der Waals surface area contributed by atoms with Crippen LogP contribution in [-0.2, 0) is 0 Å². The molecule has 0 bridgehead atoms. The van der Waals surface area contributed by atoms with Gasteiger partial charge in [-0.1, -0.05) is 0 Å². The number of carbonyl (C=O) groups excluding carboxylic acids is 1. The SMILES string of the molecule is NCCC1CCCCN1C(=O)c1ccc(=O)[nH]c1. The average molecular weight is 249 g/mol. The van der Waals surface area contributed by atoms with E-state index in [1.54, 1.807) is 6.07 Å². The number of aromatic nitrogens is 1. The lowest BCUT2D eigenvalue weighted by molar-refractivity contribution is 0.0604. The second-order valence-electron chi connectivity index (χ2n) is 4.67. The Morgan fingerprint density at radius 3 is 2.94 bits per heavy atom. The van der Waals surface area contributed by atoms with Gasteiger partial charge < -0.3 is 15.6 Å². The molecule has 1 unspecified atom stereocenters. The van der Waals surface area contributed by atoms with Crippen molar-refractivity contribution in [1.82, 2.24) is 9.88 Å². The molecule has 5 heteroatoms. The molecule has 0 spiro atoms. The fourth-order valence-corrected chi connectivity index (χ4v) is 2.47. The Bertz CT molecular complexity index is 447. The number of likely N-dealkylation sites (tertiary alicyclic amines) is 1. The lowest BCUT2D eigenvalue weighted by Crippen LogP contribution is -2.44. The van der Waals surface area contributed by atoms with Crippen molar-refractivity contribution in [3.8, 4) is 0 Å². The third-order valence-electron chi connectivity index (χ3n) is 3.42. The predicted octanol–water partition coefficient (Wildman–Crippen LogP) is 0.718. The van der Waals surface area contributed by atoms with E-state index in [1.807, 2.05) is 4.90 Å². The van der Waals surface area contributed by atoms with Crippen molar-refractivity contribution in [1.29, 1.82) is 0 Å². The molecule has 1 aliphatic heterocycles. The van der Waals surface area contributed by atoms with Gasteiger partial charge in [-0.05, 0) is 38.3 Å². The maximum Gasteiger partial charge on any atom is 0.255 e. The highest BCUT2D eigenvalue weighted by Gasteiger charge is 2.26. The number of nitrogens with two attached hydrogens (primary N) is 1. The number of piperidine rings is 1. The molecular weight excluding hydrogens is 230 g/mol. The van der Waals surface area contributed by atoms with E-state index >= 15 is 0 Å². The number of hydrogen-bond donors (Lipinski definition) is 2. The summed E-state index contributed by atoms with van der Waals surface area (Å²) in [5, 5.41) is 0. The normalized spacial score (nSPS) is 19.8. The highest BCUT2D eigenvalue weighted by atomic mass is 16.2. The largest absolute Gasteiger partial charge is 0.336 e. The average Bonchev–Trinajstić information content (AvgIpc) is 2.40. The van der Waals surface area contributed by atoms with Crippen LogP contribution in [0.5, 0.6) is 0 Å². The van der Waals surface area contributed by atoms with Gasteiger partial charge in [-0.25, -0.2) is 0 Å². The molecule has 1 aromatic heterocycles. The minimum absolute atomic E-state index is 0.00981. The quantitative estimate of drug-likeness (QED) is 0.828. The first-order chi connectivity index (χ1) is 8.72. The second kappa shape index (κ2) is 5.82. The second-order valence-corrected chi connectivity index (χ2v) is 4.67. The van der Waals surface area contributed by atoms with Crippen LogP contribution in [-0.4, -0.2) is 34.9 Å². The number of H-pyrrole nitrogens is 1. The minimum atomic E-state index is -0.191. The molecule has 0 aliphatic carbocycles. The first kappa shape index (κ1) is 12.8.